The zero-order valence-corrected chi connectivity index (χ0v) is 6.46. The van der Waals surface area contributed by atoms with Gasteiger partial charge in [-0.15, -0.1) is 12.3 Å². The van der Waals surface area contributed by atoms with Crippen LogP contribution in [0.5, 0.6) is 0 Å². The topological polar surface area (TPSA) is 17.0 Å². The predicted molar refractivity (Wildman–Crippen MR) is 46.7 cm³/mol. The molecule has 0 saturated carbocycles. The van der Waals surface area contributed by atoms with Crippen LogP contribution in [0.1, 0.15) is 12.8 Å². The van der Waals surface area contributed by atoms with Gasteiger partial charge in [-0.2, -0.15) is 0 Å². The summed E-state index contributed by atoms with van der Waals surface area (Å²) in [6.45, 7) is 0.929. The number of unbranched alkanes of at least 4 members (excludes halogenated alkanes) is 1. The molecule has 0 saturated heterocycles. The maximum atomic E-state index is 5.10. The van der Waals surface area contributed by atoms with Crippen molar-refractivity contribution >= 4 is 0 Å². The van der Waals surface area contributed by atoms with Crippen molar-refractivity contribution < 1.29 is 0 Å². The second-order valence-electron chi connectivity index (χ2n) is 2.31. The van der Waals surface area contributed by atoms with Crippen molar-refractivity contribution in [1.82, 2.24) is 4.68 Å². The van der Waals surface area contributed by atoms with E-state index >= 15 is 0 Å². The number of rotatable bonds is 4. The lowest BCUT2D eigenvalue weighted by atomic mass is 10.3. The molecular weight excluding hydrogens is 136 g/mol. The molecule has 1 rings (SSSR count). The Morgan fingerprint density at radius 1 is 1.36 bits per heavy atom. The predicted octanol–water partition coefficient (Wildman–Crippen LogP) is 1.44. The van der Waals surface area contributed by atoms with Gasteiger partial charge in [-0.05, 0) is 18.6 Å². The van der Waals surface area contributed by atoms with Crippen molar-refractivity contribution in [2.75, 3.05) is 12.0 Å². The summed E-state index contributed by atoms with van der Waals surface area (Å²) in [5.74, 6) is 2.60. The zero-order valence-electron chi connectivity index (χ0n) is 6.46. The number of hydrogen-bond donors (Lipinski definition) is 1. The summed E-state index contributed by atoms with van der Waals surface area (Å²) in [5.41, 5.74) is 3.18. The quantitative estimate of drug-likeness (QED) is 0.505. The van der Waals surface area contributed by atoms with E-state index in [1.54, 1.807) is 0 Å². The number of terminal acetylenes is 1. The van der Waals surface area contributed by atoms with Gasteiger partial charge in [0.25, 0.3) is 0 Å². The Morgan fingerprint density at radius 2 is 2.09 bits per heavy atom. The molecule has 0 aromatic carbocycles. The molecule has 0 fully saturated rings. The van der Waals surface area contributed by atoms with Crippen molar-refractivity contribution in [3.8, 4) is 12.3 Å². The molecule has 0 aliphatic carbocycles. The number of hydrogen-bond acceptors (Lipinski definition) is 1. The summed E-state index contributed by atoms with van der Waals surface area (Å²) in [5, 5.41) is 0. The first-order chi connectivity index (χ1) is 5.43. The SMILES string of the molecule is C#CCCCNn1cccc1. The fourth-order valence-corrected chi connectivity index (χ4v) is 0.839. The minimum Gasteiger partial charge on any atom is -0.326 e. The largest absolute Gasteiger partial charge is 0.326 e. The molecule has 58 valence electrons. The molecular formula is C9H12N2. The van der Waals surface area contributed by atoms with Crippen molar-refractivity contribution in [1.29, 1.82) is 0 Å². The van der Waals surface area contributed by atoms with Crippen molar-refractivity contribution in [2.24, 2.45) is 0 Å². The van der Waals surface area contributed by atoms with E-state index in [1.165, 1.54) is 0 Å². The lowest BCUT2D eigenvalue weighted by Crippen LogP contribution is -2.13. The van der Waals surface area contributed by atoms with Gasteiger partial charge < -0.3 is 5.43 Å². The summed E-state index contributed by atoms with van der Waals surface area (Å²) < 4.78 is 1.93. The molecule has 0 aliphatic heterocycles. The third kappa shape index (κ3) is 2.81. The molecule has 0 radical (unpaired) electrons. The molecule has 1 N–H and O–H groups in total. The molecule has 0 unspecified atom stereocenters. The van der Waals surface area contributed by atoms with E-state index in [0.717, 1.165) is 19.4 Å². The maximum absolute atomic E-state index is 5.10. The van der Waals surface area contributed by atoms with Crippen molar-refractivity contribution in [2.45, 2.75) is 12.8 Å². The maximum Gasteiger partial charge on any atom is 0.0322 e. The van der Waals surface area contributed by atoms with Gasteiger partial charge in [0.1, 0.15) is 0 Å². The third-order valence-corrected chi connectivity index (χ3v) is 1.40. The Balaban J connectivity index is 2.10. The van der Waals surface area contributed by atoms with E-state index in [2.05, 4.69) is 11.3 Å². The standard InChI is InChI=1S/C9H12N2/c1-2-3-4-7-10-11-8-5-6-9-11/h1,5-6,8-10H,3-4,7H2. The molecule has 2 nitrogen and oxygen atoms in total. The first-order valence-corrected chi connectivity index (χ1v) is 3.74. The van der Waals surface area contributed by atoms with Gasteiger partial charge in [0, 0.05) is 25.4 Å². The second-order valence-corrected chi connectivity index (χ2v) is 2.31. The second kappa shape index (κ2) is 4.45. The monoisotopic (exact) mass is 148 g/mol. The molecule has 0 bridgehead atoms. The van der Waals surface area contributed by atoms with Gasteiger partial charge in [-0.25, -0.2) is 0 Å². The Bertz CT molecular complexity index is 218. The van der Waals surface area contributed by atoms with Crippen molar-refractivity contribution in [3.63, 3.8) is 0 Å². The average Bonchev–Trinajstić information content (AvgIpc) is 2.50. The van der Waals surface area contributed by atoms with E-state index < -0.39 is 0 Å². The zero-order chi connectivity index (χ0) is 7.94. The van der Waals surface area contributed by atoms with Gasteiger partial charge in [0.05, 0.1) is 0 Å². The minimum atomic E-state index is 0.842. The van der Waals surface area contributed by atoms with Crippen LogP contribution in [-0.2, 0) is 0 Å². The van der Waals surface area contributed by atoms with Crippen LogP contribution >= 0.6 is 0 Å². The minimum absolute atomic E-state index is 0.842. The first-order valence-electron chi connectivity index (χ1n) is 3.74. The number of aromatic nitrogens is 1. The number of nitrogens with zero attached hydrogens (tertiary/aromatic N) is 1. The molecule has 0 aliphatic rings. The highest BCUT2D eigenvalue weighted by molar-refractivity contribution is 4.93. The highest BCUT2D eigenvalue weighted by Gasteiger charge is 1.84. The molecule has 0 spiro atoms. The van der Waals surface area contributed by atoms with Crippen LogP contribution in [0.2, 0.25) is 0 Å². The summed E-state index contributed by atoms with van der Waals surface area (Å²) in [6.07, 6.45) is 10.9. The fraction of sp³-hybridized carbons (Fsp3) is 0.333. The molecule has 11 heavy (non-hydrogen) atoms. The smallest absolute Gasteiger partial charge is 0.0322 e. The van der Waals surface area contributed by atoms with Crippen LogP contribution < -0.4 is 5.43 Å². The van der Waals surface area contributed by atoms with Gasteiger partial charge in [0.15, 0.2) is 0 Å². The Hall–Kier alpha value is -1.36. The van der Waals surface area contributed by atoms with Crippen LogP contribution in [0.25, 0.3) is 0 Å². The summed E-state index contributed by atoms with van der Waals surface area (Å²) in [4.78, 5) is 0. The van der Waals surface area contributed by atoms with Gasteiger partial charge >= 0.3 is 0 Å². The lowest BCUT2D eigenvalue weighted by Gasteiger charge is -2.04. The van der Waals surface area contributed by atoms with E-state index in [-0.39, 0.29) is 0 Å². The van der Waals surface area contributed by atoms with E-state index in [4.69, 9.17) is 6.42 Å². The van der Waals surface area contributed by atoms with Crippen LogP contribution in [0.4, 0.5) is 0 Å². The number of nitrogens with one attached hydrogen (secondary N) is 1. The normalized spacial score (nSPS) is 9.00. The first kappa shape index (κ1) is 7.74. The van der Waals surface area contributed by atoms with Crippen LogP contribution in [0.3, 0.4) is 0 Å². The summed E-state index contributed by atoms with van der Waals surface area (Å²) >= 11 is 0. The van der Waals surface area contributed by atoms with Crippen LogP contribution in [0, 0.1) is 12.3 Å². The fourth-order valence-electron chi connectivity index (χ4n) is 0.839. The Labute approximate surface area is 67.2 Å². The molecule has 1 heterocycles. The molecule has 1 aromatic rings. The molecule has 2 heteroatoms. The highest BCUT2D eigenvalue weighted by Crippen LogP contribution is 1.87. The van der Waals surface area contributed by atoms with E-state index in [9.17, 15) is 0 Å². The van der Waals surface area contributed by atoms with E-state index in [1.807, 2.05) is 29.2 Å². The van der Waals surface area contributed by atoms with Crippen LogP contribution in [0.15, 0.2) is 24.5 Å². The van der Waals surface area contributed by atoms with Gasteiger partial charge in [0.2, 0.25) is 0 Å². The molecule has 1 aromatic heterocycles. The van der Waals surface area contributed by atoms with Crippen molar-refractivity contribution in [3.05, 3.63) is 24.5 Å². The van der Waals surface area contributed by atoms with Crippen LogP contribution in [-0.4, -0.2) is 11.2 Å². The molecule has 0 atom stereocenters. The highest BCUT2D eigenvalue weighted by atomic mass is 15.4. The third-order valence-electron chi connectivity index (χ3n) is 1.40. The van der Waals surface area contributed by atoms with Gasteiger partial charge in [-0.1, -0.05) is 0 Å². The average molecular weight is 148 g/mol. The molecule has 0 amide bonds. The lowest BCUT2D eigenvalue weighted by molar-refractivity contribution is 0.787. The van der Waals surface area contributed by atoms with Gasteiger partial charge in [-0.3, -0.25) is 4.68 Å². The summed E-state index contributed by atoms with van der Waals surface area (Å²) in [6, 6.07) is 3.96. The van der Waals surface area contributed by atoms with E-state index in [0.29, 0.717) is 0 Å². The Morgan fingerprint density at radius 3 is 2.73 bits per heavy atom. The summed E-state index contributed by atoms with van der Waals surface area (Å²) in [7, 11) is 0. The Kier molecular flexibility index (Phi) is 3.14.